The summed E-state index contributed by atoms with van der Waals surface area (Å²) in [6.45, 7) is 2.83. The Labute approximate surface area is 99.0 Å². The molecule has 1 aromatic carbocycles. The second-order valence-electron chi connectivity index (χ2n) is 3.28. The van der Waals surface area contributed by atoms with Crippen molar-refractivity contribution in [2.75, 3.05) is 6.61 Å². The number of benzene rings is 1. The molecule has 3 heteroatoms. The van der Waals surface area contributed by atoms with E-state index in [1.165, 1.54) is 6.42 Å². The zero-order chi connectivity index (χ0) is 11.1. The van der Waals surface area contributed by atoms with Crippen molar-refractivity contribution in [2.24, 2.45) is 0 Å². The van der Waals surface area contributed by atoms with E-state index >= 15 is 0 Å². The van der Waals surface area contributed by atoms with Crippen LogP contribution < -0.4 is 4.74 Å². The third-order valence-electron chi connectivity index (χ3n) is 2.09. The number of rotatable bonds is 5. The predicted molar refractivity (Wildman–Crippen MR) is 63.9 cm³/mol. The van der Waals surface area contributed by atoms with Crippen molar-refractivity contribution in [3.63, 3.8) is 0 Å². The van der Waals surface area contributed by atoms with Crippen LogP contribution in [-0.4, -0.2) is 6.61 Å². The molecule has 0 bridgehead atoms. The van der Waals surface area contributed by atoms with Crippen LogP contribution in [0.1, 0.15) is 31.7 Å². The summed E-state index contributed by atoms with van der Waals surface area (Å²) in [7, 11) is 0. The van der Waals surface area contributed by atoms with Gasteiger partial charge < -0.3 is 4.74 Å². The van der Waals surface area contributed by atoms with Crippen LogP contribution in [0.2, 0.25) is 0 Å². The minimum atomic E-state index is 0.578. The zero-order valence-corrected chi connectivity index (χ0v) is 10.4. The van der Waals surface area contributed by atoms with Gasteiger partial charge in [0, 0.05) is 4.47 Å². The smallest absolute Gasteiger partial charge is 0.138 e. The Morgan fingerprint density at radius 1 is 1.40 bits per heavy atom. The molecule has 2 nitrogen and oxygen atoms in total. The molecule has 0 saturated carbocycles. The second-order valence-corrected chi connectivity index (χ2v) is 4.13. The monoisotopic (exact) mass is 267 g/mol. The van der Waals surface area contributed by atoms with Crippen molar-refractivity contribution in [3.8, 4) is 11.8 Å². The van der Waals surface area contributed by atoms with E-state index in [1.807, 2.05) is 18.2 Å². The number of hydrogen-bond donors (Lipinski definition) is 0. The van der Waals surface area contributed by atoms with Gasteiger partial charge in [0.15, 0.2) is 0 Å². The molecule has 0 amide bonds. The van der Waals surface area contributed by atoms with E-state index in [9.17, 15) is 0 Å². The zero-order valence-electron chi connectivity index (χ0n) is 8.79. The van der Waals surface area contributed by atoms with Crippen molar-refractivity contribution in [3.05, 3.63) is 28.2 Å². The molecule has 1 aromatic rings. The maximum absolute atomic E-state index is 8.94. The molecule has 0 aliphatic rings. The molecule has 0 radical (unpaired) electrons. The molecule has 0 spiro atoms. The minimum Gasteiger partial charge on any atom is -0.492 e. The van der Waals surface area contributed by atoms with Gasteiger partial charge in [-0.3, -0.25) is 0 Å². The summed E-state index contributed by atoms with van der Waals surface area (Å²) < 4.78 is 6.35. The summed E-state index contributed by atoms with van der Waals surface area (Å²) in [5.74, 6) is 0.669. The Morgan fingerprint density at radius 3 is 2.87 bits per heavy atom. The number of nitrogens with zero attached hydrogens (tertiary/aromatic N) is 1. The maximum Gasteiger partial charge on any atom is 0.138 e. The molecular weight excluding hydrogens is 254 g/mol. The fourth-order valence-corrected chi connectivity index (χ4v) is 1.70. The lowest BCUT2D eigenvalue weighted by molar-refractivity contribution is 0.305. The van der Waals surface area contributed by atoms with Crippen molar-refractivity contribution in [1.82, 2.24) is 0 Å². The van der Waals surface area contributed by atoms with Crippen LogP contribution in [0.25, 0.3) is 0 Å². The molecule has 15 heavy (non-hydrogen) atoms. The van der Waals surface area contributed by atoms with Crippen LogP contribution in [0, 0.1) is 11.3 Å². The van der Waals surface area contributed by atoms with Crippen molar-refractivity contribution >= 4 is 15.9 Å². The van der Waals surface area contributed by atoms with Gasteiger partial charge in [-0.25, -0.2) is 0 Å². The number of hydrogen-bond acceptors (Lipinski definition) is 2. The van der Waals surface area contributed by atoms with Gasteiger partial charge in [0.1, 0.15) is 17.4 Å². The van der Waals surface area contributed by atoms with E-state index in [4.69, 9.17) is 10.00 Å². The summed E-state index contributed by atoms with van der Waals surface area (Å²) in [4.78, 5) is 0. The van der Waals surface area contributed by atoms with Gasteiger partial charge in [-0.1, -0.05) is 25.8 Å². The predicted octanol–water partition coefficient (Wildman–Crippen LogP) is 3.89. The van der Waals surface area contributed by atoms with Crippen molar-refractivity contribution in [2.45, 2.75) is 26.2 Å². The Kier molecular flexibility index (Phi) is 5.20. The molecule has 0 aliphatic carbocycles. The molecule has 0 heterocycles. The van der Waals surface area contributed by atoms with Crippen LogP contribution in [0.5, 0.6) is 5.75 Å². The minimum absolute atomic E-state index is 0.578. The maximum atomic E-state index is 8.94. The van der Waals surface area contributed by atoms with Crippen molar-refractivity contribution in [1.29, 1.82) is 5.26 Å². The summed E-state index contributed by atoms with van der Waals surface area (Å²) in [6, 6.07) is 7.68. The first-order valence-corrected chi connectivity index (χ1v) is 5.90. The van der Waals surface area contributed by atoms with Gasteiger partial charge in [-0.15, -0.1) is 0 Å². The Hall–Kier alpha value is -1.01. The third-order valence-corrected chi connectivity index (χ3v) is 2.75. The van der Waals surface area contributed by atoms with E-state index in [1.54, 1.807) is 0 Å². The van der Waals surface area contributed by atoms with Crippen LogP contribution >= 0.6 is 15.9 Å². The van der Waals surface area contributed by atoms with Gasteiger partial charge in [-0.05, 0) is 34.5 Å². The fraction of sp³-hybridized carbons (Fsp3) is 0.417. The highest BCUT2D eigenvalue weighted by atomic mass is 79.9. The highest BCUT2D eigenvalue weighted by molar-refractivity contribution is 9.10. The van der Waals surface area contributed by atoms with Gasteiger partial charge in [0.25, 0.3) is 0 Å². The molecule has 0 saturated heterocycles. The number of ether oxygens (including phenoxy) is 1. The lowest BCUT2D eigenvalue weighted by Crippen LogP contribution is -1.99. The van der Waals surface area contributed by atoms with Gasteiger partial charge in [0.05, 0.1) is 6.61 Å². The Bertz CT molecular complexity index is 357. The Morgan fingerprint density at radius 2 is 2.20 bits per heavy atom. The van der Waals surface area contributed by atoms with Gasteiger partial charge >= 0.3 is 0 Å². The highest BCUT2D eigenvalue weighted by Crippen LogP contribution is 2.25. The SMILES string of the molecule is CCCCCOc1cccc(Br)c1C#N. The molecule has 0 aliphatic heterocycles. The molecular formula is C12H14BrNO. The summed E-state index contributed by atoms with van der Waals surface area (Å²) in [6.07, 6.45) is 3.37. The molecule has 80 valence electrons. The lowest BCUT2D eigenvalue weighted by Gasteiger charge is -2.07. The van der Waals surface area contributed by atoms with Gasteiger partial charge in [-0.2, -0.15) is 5.26 Å². The molecule has 0 fully saturated rings. The summed E-state index contributed by atoms with van der Waals surface area (Å²) in [5.41, 5.74) is 0.578. The van der Waals surface area contributed by atoms with Crippen LogP contribution in [0.3, 0.4) is 0 Å². The summed E-state index contributed by atoms with van der Waals surface area (Å²) >= 11 is 3.33. The standard InChI is InChI=1S/C12H14BrNO/c1-2-3-4-8-15-12-7-5-6-11(13)10(12)9-14/h5-7H,2-4,8H2,1H3. The van der Waals surface area contributed by atoms with Crippen LogP contribution in [0.4, 0.5) is 0 Å². The average molecular weight is 268 g/mol. The lowest BCUT2D eigenvalue weighted by atomic mass is 10.2. The normalized spacial score (nSPS) is 9.67. The molecule has 1 rings (SSSR count). The van der Waals surface area contributed by atoms with Gasteiger partial charge in [0.2, 0.25) is 0 Å². The number of nitriles is 1. The van der Waals surface area contributed by atoms with Crippen LogP contribution in [-0.2, 0) is 0 Å². The topological polar surface area (TPSA) is 33.0 Å². The average Bonchev–Trinajstić information content (AvgIpc) is 2.24. The van der Waals surface area contributed by atoms with E-state index in [0.29, 0.717) is 17.9 Å². The van der Waals surface area contributed by atoms with E-state index in [0.717, 1.165) is 17.3 Å². The van der Waals surface area contributed by atoms with Crippen LogP contribution in [0.15, 0.2) is 22.7 Å². The van der Waals surface area contributed by atoms with Crippen molar-refractivity contribution < 1.29 is 4.74 Å². The quantitative estimate of drug-likeness (QED) is 0.759. The number of halogens is 1. The second kappa shape index (κ2) is 6.47. The largest absolute Gasteiger partial charge is 0.492 e. The molecule has 0 aromatic heterocycles. The molecule has 0 N–H and O–H groups in total. The van der Waals surface area contributed by atoms with E-state index in [-0.39, 0.29) is 0 Å². The third kappa shape index (κ3) is 3.56. The number of unbranched alkanes of at least 4 members (excludes halogenated alkanes) is 2. The van der Waals surface area contributed by atoms with E-state index < -0.39 is 0 Å². The molecule has 0 atom stereocenters. The van der Waals surface area contributed by atoms with E-state index in [2.05, 4.69) is 28.9 Å². The highest BCUT2D eigenvalue weighted by Gasteiger charge is 2.06. The molecule has 0 unspecified atom stereocenters. The first-order chi connectivity index (χ1) is 7.29. The first kappa shape index (κ1) is 12.1. The first-order valence-electron chi connectivity index (χ1n) is 5.11. The Balaban J connectivity index is 2.61. The summed E-state index contributed by atoms with van der Waals surface area (Å²) in [5, 5.41) is 8.94. The fourth-order valence-electron chi connectivity index (χ4n) is 1.27.